The van der Waals surface area contributed by atoms with Crippen LogP contribution in [-0.4, -0.2) is 41.6 Å². The van der Waals surface area contributed by atoms with Crippen LogP contribution < -0.4 is 5.32 Å². The van der Waals surface area contributed by atoms with Crippen molar-refractivity contribution in [2.24, 2.45) is 0 Å². The summed E-state index contributed by atoms with van der Waals surface area (Å²) in [6.45, 7) is 3.99. The molecule has 0 aliphatic rings. The van der Waals surface area contributed by atoms with Crippen molar-refractivity contribution >= 4 is 49.8 Å². The van der Waals surface area contributed by atoms with Crippen LogP contribution in [0.25, 0.3) is 10.9 Å². The van der Waals surface area contributed by atoms with Crippen LogP contribution in [-0.2, 0) is 10.0 Å². The van der Waals surface area contributed by atoms with Crippen LogP contribution >= 0.6 is 11.6 Å². The lowest BCUT2D eigenvalue weighted by Crippen LogP contribution is -2.30. The molecule has 1 amide bonds. The van der Waals surface area contributed by atoms with Crippen LogP contribution in [0.15, 0.2) is 47.4 Å². The third-order valence-electron chi connectivity index (χ3n) is 4.59. The number of nitro benzene ring substituents is 1. The lowest BCUT2D eigenvalue weighted by Gasteiger charge is -2.19. The van der Waals surface area contributed by atoms with Crippen molar-refractivity contribution in [3.63, 3.8) is 0 Å². The van der Waals surface area contributed by atoms with Crippen molar-refractivity contribution in [1.82, 2.24) is 9.29 Å². The van der Waals surface area contributed by atoms with Crippen molar-refractivity contribution < 1.29 is 18.1 Å². The van der Waals surface area contributed by atoms with E-state index in [0.717, 1.165) is 0 Å². The Bertz CT molecular complexity index is 1230. The number of anilines is 1. The van der Waals surface area contributed by atoms with E-state index < -0.39 is 20.9 Å². The van der Waals surface area contributed by atoms with E-state index in [-0.39, 0.29) is 45.6 Å². The molecule has 0 unspecified atom stereocenters. The summed E-state index contributed by atoms with van der Waals surface area (Å²) in [5, 5.41) is 14.3. The minimum absolute atomic E-state index is 0.0427. The van der Waals surface area contributed by atoms with Gasteiger partial charge in [0.25, 0.3) is 11.6 Å². The molecule has 0 aliphatic carbocycles. The number of halogens is 1. The summed E-state index contributed by atoms with van der Waals surface area (Å²) in [7, 11) is -3.82. The Morgan fingerprint density at radius 1 is 1.20 bits per heavy atom. The highest BCUT2D eigenvalue weighted by atomic mass is 35.5. The van der Waals surface area contributed by atoms with Gasteiger partial charge in [-0.15, -0.1) is 0 Å². The minimum atomic E-state index is -3.82. The van der Waals surface area contributed by atoms with Gasteiger partial charge in [-0.3, -0.25) is 14.9 Å². The van der Waals surface area contributed by atoms with Crippen LogP contribution in [0.4, 0.5) is 11.4 Å². The second kappa shape index (κ2) is 8.42. The number of H-pyrrole nitrogens is 1. The monoisotopic (exact) mass is 450 g/mol. The molecule has 0 spiro atoms. The maximum Gasteiger partial charge on any atom is 0.293 e. The van der Waals surface area contributed by atoms with E-state index in [1.165, 1.54) is 40.7 Å². The van der Waals surface area contributed by atoms with Gasteiger partial charge in [-0.2, -0.15) is 4.31 Å². The third-order valence-corrected chi connectivity index (χ3v) is 7.12. The second-order valence-electron chi connectivity index (χ2n) is 6.37. The van der Waals surface area contributed by atoms with Gasteiger partial charge >= 0.3 is 0 Å². The first-order chi connectivity index (χ1) is 14.2. The number of carbonyl (C=O) groups excluding carboxylic acids is 1. The molecule has 0 aliphatic heterocycles. The summed E-state index contributed by atoms with van der Waals surface area (Å²) in [5.74, 6) is -0.575. The topological polar surface area (TPSA) is 125 Å². The Morgan fingerprint density at radius 3 is 2.53 bits per heavy atom. The lowest BCUT2D eigenvalue weighted by atomic mass is 10.2. The van der Waals surface area contributed by atoms with Gasteiger partial charge in [0, 0.05) is 30.2 Å². The Hall–Kier alpha value is -2.95. The number of aromatic nitrogens is 1. The first-order valence-electron chi connectivity index (χ1n) is 9.06. The van der Waals surface area contributed by atoms with Gasteiger partial charge in [0.05, 0.1) is 9.95 Å². The number of carbonyl (C=O) groups is 1. The molecule has 2 aromatic carbocycles. The van der Waals surface area contributed by atoms with E-state index in [9.17, 15) is 23.3 Å². The average Bonchev–Trinajstić information content (AvgIpc) is 3.14. The van der Waals surface area contributed by atoms with E-state index in [4.69, 9.17) is 11.6 Å². The molecular formula is C19H19ClN4O5S. The van der Waals surface area contributed by atoms with E-state index in [2.05, 4.69) is 10.3 Å². The summed E-state index contributed by atoms with van der Waals surface area (Å²) in [5.41, 5.74) is 0.407. The number of aromatic amines is 1. The molecule has 158 valence electrons. The summed E-state index contributed by atoms with van der Waals surface area (Å²) in [6.07, 6.45) is 0. The second-order valence-corrected chi connectivity index (χ2v) is 8.68. The van der Waals surface area contributed by atoms with Crippen molar-refractivity contribution in [1.29, 1.82) is 0 Å². The van der Waals surface area contributed by atoms with Crippen LogP contribution in [0, 0.1) is 10.1 Å². The Kier molecular flexibility index (Phi) is 6.11. The predicted molar refractivity (Wildman–Crippen MR) is 114 cm³/mol. The molecule has 0 bridgehead atoms. The average molecular weight is 451 g/mol. The van der Waals surface area contributed by atoms with E-state index in [1.54, 1.807) is 19.9 Å². The predicted octanol–water partition coefficient (Wildman–Crippen LogP) is 4.01. The highest BCUT2D eigenvalue weighted by Gasteiger charge is 2.25. The molecule has 11 heteroatoms. The van der Waals surface area contributed by atoms with Gasteiger partial charge in [-0.1, -0.05) is 37.6 Å². The fourth-order valence-electron chi connectivity index (χ4n) is 3.09. The molecule has 3 aromatic rings. The number of nitrogens with one attached hydrogen (secondary N) is 2. The fraction of sp³-hybridized carbons (Fsp3) is 0.211. The Labute approximate surface area is 177 Å². The largest absolute Gasteiger partial charge is 0.345 e. The van der Waals surface area contributed by atoms with E-state index >= 15 is 0 Å². The van der Waals surface area contributed by atoms with Crippen molar-refractivity contribution in [3.05, 3.63) is 63.3 Å². The maximum atomic E-state index is 12.8. The quantitative estimate of drug-likeness (QED) is 0.415. The van der Waals surface area contributed by atoms with Crippen molar-refractivity contribution in [2.45, 2.75) is 18.7 Å². The first kappa shape index (κ1) is 21.8. The molecule has 0 atom stereocenters. The number of hydrogen-bond acceptors (Lipinski definition) is 5. The number of nitrogens with zero attached hydrogens (tertiary/aromatic N) is 2. The number of fused-ring (bicyclic) bond motifs is 1. The van der Waals surface area contributed by atoms with E-state index in [0.29, 0.717) is 5.39 Å². The van der Waals surface area contributed by atoms with Crippen LogP contribution in [0.2, 0.25) is 5.02 Å². The van der Waals surface area contributed by atoms with Gasteiger partial charge in [0.15, 0.2) is 0 Å². The molecule has 1 aromatic heterocycles. The molecule has 0 fully saturated rings. The summed E-state index contributed by atoms with van der Waals surface area (Å²) in [4.78, 5) is 25.9. The maximum absolute atomic E-state index is 12.8. The number of nitro groups is 1. The molecular weight excluding hydrogens is 432 g/mol. The highest BCUT2D eigenvalue weighted by Crippen LogP contribution is 2.29. The Morgan fingerprint density at radius 2 is 1.90 bits per heavy atom. The van der Waals surface area contributed by atoms with Crippen molar-refractivity contribution in [2.75, 3.05) is 18.4 Å². The normalized spacial score (nSPS) is 11.7. The smallest absolute Gasteiger partial charge is 0.293 e. The van der Waals surface area contributed by atoms with Crippen molar-refractivity contribution in [3.8, 4) is 0 Å². The number of non-ortho nitro benzene ring substituents is 1. The lowest BCUT2D eigenvalue weighted by molar-refractivity contribution is -0.383. The van der Waals surface area contributed by atoms with Gasteiger partial charge in [-0.25, -0.2) is 8.42 Å². The summed E-state index contributed by atoms with van der Waals surface area (Å²) in [6, 6.07) is 10.2. The van der Waals surface area contributed by atoms with Crippen LogP contribution in [0.5, 0.6) is 0 Å². The number of benzene rings is 2. The minimum Gasteiger partial charge on any atom is -0.345 e. The number of hydrogen-bond donors (Lipinski definition) is 2. The SMILES string of the molecule is CCN(CC)S(=O)(=O)c1cc(NC(=O)c2cc3cccc([N+](=O)[O-])c3[nH]2)ccc1Cl. The zero-order valence-electron chi connectivity index (χ0n) is 16.2. The molecule has 2 N–H and O–H groups in total. The molecule has 30 heavy (non-hydrogen) atoms. The number of sulfonamides is 1. The van der Waals surface area contributed by atoms with E-state index in [1.807, 2.05) is 0 Å². The number of amides is 1. The first-order valence-corrected chi connectivity index (χ1v) is 10.9. The Balaban J connectivity index is 1.94. The zero-order valence-corrected chi connectivity index (χ0v) is 17.7. The zero-order chi connectivity index (χ0) is 22.1. The van der Waals surface area contributed by atoms with Crippen LogP contribution in [0.3, 0.4) is 0 Å². The third kappa shape index (κ3) is 4.02. The molecule has 3 rings (SSSR count). The number of para-hydroxylation sites is 1. The van der Waals surface area contributed by atoms with Gasteiger partial charge < -0.3 is 10.3 Å². The molecule has 0 saturated carbocycles. The van der Waals surface area contributed by atoms with Gasteiger partial charge in [0.2, 0.25) is 10.0 Å². The highest BCUT2D eigenvalue weighted by molar-refractivity contribution is 7.89. The standard InChI is InChI=1S/C19H19ClN4O5S/c1-3-23(4-2)30(28,29)17-11-13(8-9-14(17)20)21-19(25)15-10-12-6-5-7-16(24(26)27)18(12)22-15/h5-11,22H,3-4H2,1-2H3,(H,21,25). The van der Waals surface area contributed by atoms with Gasteiger partial charge in [-0.05, 0) is 24.3 Å². The summed E-state index contributed by atoms with van der Waals surface area (Å²) >= 11 is 6.10. The van der Waals surface area contributed by atoms with Crippen LogP contribution in [0.1, 0.15) is 24.3 Å². The molecule has 0 radical (unpaired) electrons. The van der Waals surface area contributed by atoms with Gasteiger partial charge in [0.1, 0.15) is 16.1 Å². The number of rotatable bonds is 7. The molecule has 9 nitrogen and oxygen atoms in total. The molecule has 1 heterocycles. The fourth-order valence-corrected chi connectivity index (χ4v) is 5.05. The summed E-state index contributed by atoms with van der Waals surface area (Å²) < 4.78 is 26.9. The molecule has 0 saturated heterocycles.